The number of hydrazone groups is 1. The van der Waals surface area contributed by atoms with E-state index in [0.717, 1.165) is 0 Å². The smallest absolute Gasteiger partial charge is 0.354 e. The number of benzene rings is 2. The minimum Gasteiger partial charge on any atom is -0.461 e. The minimum atomic E-state index is -0.665. The van der Waals surface area contributed by atoms with E-state index in [0.29, 0.717) is 37.6 Å². The Hall–Kier alpha value is -3.95. The number of esters is 1. The molecule has 1 unspecified atom stereocenters. The Morgan fingerprint density at radius 3 is 2.29 bits per heavy atom. The average molecular weight is 468 g/mol. The molecule has 0 aliphatic carbocycles. The van der Waals surface area contributed by atoms with E-state index >= 15 is 0 Å². The summed E-state index contributed by atoms with van der Waals surface area (Å²) >= 11 is 0. The molecule has 4 rings (SSSR count). The van der Waals surface area contributed by atoms with Gasteiger partial charge in [0, 0.05) is 38.3 Å². The molecule has 0 spiro atoms. The minimum absolute atomic E-state index is 0.151. The van der Waals surface area contributed by atoms with Crippen LogP contribution in [0, 0.1) is 5.82 Å². The van der Waals surface area contributed by atoms with E-state index < -0.39 is 12.0 Å². The van der Waals surface area contributed by atoms with Crippen molar-refractivity contribution in [3.05, 3.63) is 60.4 Å². The highest BCUT2D eigenvalue weighted by molar-refractivity contribution is 6.38. The number of urea groups is 1. The summed E-state index contributed by atoms with van der Waals surface area (Å²) in [6, 6.07) is 13.8. The van der Waals surface area contributed by atoms with Crippen LogP contribution in [0.4, 0.5) is 20.6 Å². The molecule has 2 aromatic rings. The predicted octanol–water partition coefficient (Wildman–Crippen LogP) is 2.70. The molecule has 2 heterocycles. The number of carbonyl (C=O) groups excluding carboxylic acids is 3. The van der Waals surface area contributed by atoms with Crippen LogP contribution in [0.3, 0.4) is 0 Å². The maximum atomic E-state index is 13.4. The van der Waals surface area contributed by atoms with E-state index in [1.165, 1.54) is 24.3 Å². The summed E-state index contributed by atoms with van der Waals surface area (Å²) in [5, 5.41) is 8.70. The molecule has 10 heteroatoms. The van der Waals surface area contributed by atoms with Crippen LogP contribution in [0.2, 0.25) is 0 Å². The highest BCUT2D eigenvalue weighted by Crippen LogP contribution is 2.26. The zero-order valence-corrected chi connectivity index (χ0v) is 18.8. The molecule has 0 radical (unpaired) electrons. The van der Waals surface area contributed by atoms with E-state index in [1.807, 2.05) is 30.3 Å². The molecule has 2 aliphatic rings. The zero-order valence-electron chi connectivity index (χ0n) is 18.8. The average Bonchev–Trinajstić information content (AvgIpc) is 3.31. The molecule has 0 bridgehead atoms. The van der Waals surface area contributed by atoms with Crippen LogP contribution in [-0.4, -0.2) is 72.2 Å². The quantitative estimate of drug-likeness (QED) is 0.683. The lowest BCUT2D eigenvalue weighted by atomic mass is 10.1. The van der Waals surface area contributed by atoms with Crippen LogP contribution in [-0.2, 0) is 14.3 Å². The van der Waals surface area contributed by atoms with E-state index in [1.54, 1.807) is 21.7 Å². The number of para-hydroxylation sites is 1. The number of carbonyl (C=O) groups is 3. The molecule has 2 aliphatic heterocycles. The van der Waals surface area contributed by atoms with Crippen molar-refractivity contribution in [3.8, 4) is 0 Å². The molecule has 1 N–H and O–H groups in total. The molecule has 1 saturated heterocycles. The zero-order chi connectivity index (χ0) is 24.1. The normalized spacial score (nSPS) is 17.9. The predicted molar refractivity (Wildman–Crippen MR) is 125 cm³/mol. The molecule has 1 atom stereocenters. The van der Waals surface area contributed by atoms with Gasteiger partial charge in [-0.3, -0.25) is 9.80 Å². The number of nitrogens with zero attached hydrogens (tertiary/aromatic N) is 4. The standard InChI is InChI=1S/C24H26FN5O4/c1-2-34-23(32)20-16-21(30(27-20)19-6-4-3-5-7-19)22(31)28-12-14-29(15-13-28)24(33)26-18-10-8-17(25)9-11-18/h3-11,21H,2,12-16H2,1H3,(H,26,33). The highest BCUT2D eigenvalue weighted by atomic mass is 19.1. The number of hydrogen-bond acceptors (Lipinski definition) is 6. The van der Waals surface area contributed by atoms with Crippen LogP contribution in [0.25, 0.3) is 0 Å². The van der Waals surface area contributed by atoms with Gasteiger partial charge < -0.3 is 19.9 Å². The first-order chi connectivity index (χ1) is 16.5. The van der Waals surface area contributed by atoms with Gasteiger partial charge >= 0.3 is 12.0 Å². The van der Waals surface area contributed by atoms with E-state index in [2.05, 4.69) is 10.4 Å². The summed E-state index contributed by atoms with van der Waals surface area (Å²) in [4.78, 5) is 41.5. The molecular formula is C24H26FN5O4. The van der Waals surface area contributed by atoms with Crippen LogP contribution in [0.15, 0.2) is 59.7 Å². The fourth-order valence-electron chi connectivity index (χ4n) is 3.94. The van der Waals surface area contributed by atoms with Gasteiger partial charge in [-0.1, -0.05) is 18.2 Å². The summed E-state index contributed by atoms with van der Waals surface area (Å²) < 4.78 is 18.2. The lowest BCUT2D eigenvalue weighted by Crippen LogP contribution is -2.55. The highest BCUT2D eigenvalue weighted by Gasteiger charge is 2.39. The fraction of sp³-hybridized carbons (Fsp3) is 0.333. The molecule has 9 nitrogen and oxygen atoms in total. The summed E-state index contributed by atoms with van der Waals surface area (Å²) in [6.45, 7) is 3.35. The summed E-state index contributed by atoms with van der Waals surface area (Å²) in [6.07, 6.45) is 0.151. The largest absolute Gasteiger partial charge is 0.461 e. The topological polar surface area (TPSA) is 94.6 Å². The first-order valence-electron chi connectivity index (χ1n) is 11.2. The molecule has 2 aromatic carbocycles. The van der Waals surface area contributed by atoms with Crippen molar-refractivity contribution >= 4 is 35.0 Å². The van der Waals surface area contributed by atoms with Gasteiger partial charge in [-0.15, -0.1) is 0 Å². The van der Waals surface area contributed by atoms with Gasteiger partial charge in [0.1, 0.15) is 17.6 Å². The van der Waals surface area contributed by atoms with E-state index in [4.69, 9.17) is 4.74 Å². The van der Waals surface area contributed by atoms with Gasteiger partial charge in [0.15, 0.2) is 0 Å². The molecule has 178 valence electrons. The maximum absolute atomic E-state index is 13.4. The molecule has 1 fully saturated rings. The van der Waals surface area contributed by atoms with Crippen LogP contribution >= 0.6 is 0 Å². The SMILES string of the molecule is CCOC(=O)C1=NN(c2ccccc2)C(C(=O)N2CCN(C(=O)Nc3ccc(F)cc3)CC2)C1. The van der Waals surface area contributed by atoms with E-state index in [9.17, 15) is 18.8 Å². The van der Waals surface area contributed by atoms with Crippen molar-refractivity contribution in [2.45, 2.75) is 19.4 Å². The fourth-order valence-corrected chi connectivity index (χ4v) is 3.94. The Kier molecular flexibility index (Phi) is 7.05. The lowest BCUT2D eigenvalue weighted by molar-refractivity contribution is -0.135. The number of ether oxygens (including phenoxy) is 1. The van der Waals surface area contributed by atoms with Crippen molar-refractivity contribution in [3.63, 3.8) is 0 Å². The summed E-state index contributed by atoms with van der Waals surface area (Å²) in [7, 11) is 0. The van der Waals surface area contributed by atoms with E-state index in [-0.39, 0.29) is 36.5 Å². The first kappa shape index (κ1) is 23.2. The second-order valence-corrected chi connectivity index (χ2v) is 7.92. The molecule has 0 saturated carbocycles. The second-order valence-electron chi connectivity index (χ2n) is 7.92. The van der Waals surface area contributed by atoms with Gasteiger partial charge in [-0.25, -0.2) is 14.0 Å². The number of piperazine rings is 1. The third-order valence-electron chi connectivity index (χ3n) is 5.70. The van der Waals surface area contributed by atoms with Gasteiger partial charge in [0.25, 0.3) is 0 Å². The Labute approximate surface area is 196 Å². The number of amides is 3. The Bertz CT molecular complexity index is 1070. The Morgan fingerprint density at radius 2 is 1.65 bits per heavy atom. The van der Waals surface area contributed by atoms with Gasteiger partial charge in [0.2, 0.25) is 5.91 Å². The third-order valence-corrected chi connectivity index (χ3v) is 5.70. The van der Waals surface area contributed by atoms with Crippen LogP contribution in [0.5, 0.6) is 0 Å². The monoisotopic (exact) mass is 467 g/mol. The first-order valence-corrected chi connectivity index (χ1v) is 11.2. The summed E-state index contributed by atoms with van der Waals surface area (Å²) in [5.41, 5.74) is 1.41. The van der Waals surface area contributed by atoms with Crippen molar-refractivity contribution in [2.24, 2.45) is 5.10 Å². The van der Waals surface area contributed by atoms with Crippen molar-refractivity contribution in [2.75, 3.05) is 43.1 Å². The Balaban J connectivity index is 1.39. The maximum Gasteiger partial charge on any atom is 0.354 e. The van der Waals surface area contributed by atoms with Gasteiger partial charge in [0.05, 0.1) is 12.3 Å². The molecule has 0 aromatic heterocycles. The number of hydrogen-bond donors (Lipinski definition) is 1. The number of halogens is 1. The van der Waals surface area contributed by atoms with Gasteiger partial charge in [-0.05, 0) is 43.3 Å². The molecular weight excluding hydrogens is 441 g/mol. The Morgan fingerprint density at radius 1 is 1.00 bits per heavy atom. The summed E-state index contributed by atoms with van der Waals surface area (Å²) in [5.74, 6) is -1.07. The number of anilines is 2. The third kappa shape index (κ3) is 5.16. The van der Waals surface area contributed by atoms with Crippen LogP contribution < -0.4 is 10.3 Å². The molecule has 3 amide bonds. The lowest BCUT2D eigenvalue weighted by Gasteiger charge is -2.37. The van der Waals surface area contributed by atoms with Gasteiger partial charge in [-0.2, -0.15) is 5.10 Å². The van der Waals surface area contributed by atoms with Crippen molar-refractivity contribution in [1.29, 1.82) is 0 Å². The van der Waals surface area contributed by atoms with Crippen LogP contribution in [0.1, 0.15) is 13.3 Å². The van der Waals surface area contributed by atoms with Crippen molar-refractivity contribution < 1.29 is 23.5 Å². The number of rotatable bonds is 5. The number of nitrogens with one attached hydrogen (secondary N) is 1. The van der Waals surface area contributed by atoms with Crippen molar-refractivity contribution in [1.82, 2.24) is 9.80 Å². The second kappa shape index (κ2) is 10.3. The molecule has 34 heavy (non-hydrogen) atoms.